The predicted octanol–water partition coefficient (Wildman–Crippen LogP) is 4.25. The molecule has 1 aromatic heterocycles. The lowest BCUT2D eigenvalue weighted by Gasteiger charge is -2.35. The molecule has 4 rings (SSSR count). The number of amides is 1. The van der Waals surface area contributed by atoms with Crippen LogP contribution in [0, 0.1) is 41.5 Å². The van der Waals surface area contributed by atoms with Crippen LogP contribution in [0.2, 0.25) is 0 Å². The molecule has 1 saturated heterocycles. The van der Waals surface area contributed by atoms with Crippen molar-refractivity contribution >= 4 is 15.9 Å². The fourth-order valence-corrected chi connectivity index (χ4v) is 6.62. The van der Waals surface area contributed by atoms with E-state index in [1.807, 2.05) is 53.7 Å². The smallest absolute Gasteiger partial charge is 0.257 e. The number of rotatable bonds is 6. The molecule has 0 bridgehead atoms. The molecule has 1 amide bonds. The zero-order valence-electron chi connectivity index (χ0n) is 21.7. The van der Waals surface area contributed by atoms with Crippen molar-refractivity contribution in [2.24, 2.45) is 0 Å². The average molecular weight is 512 g/mol. The zero-order chi connectivity index (χ0) is 26.2. The first-order chi connectivity index (χ1) is 17.0. The fraction of sp³-hybridized carbons (Fsp3) is 0.407. The molecule has 36 heavy (non-hydrogen) atoms. The van der Waals surface area contributed by atoms with E-state index in [0.717, 1.165) is 33.5 Å². The molecule has 1 fully saturated rings. The molecule has 2 aromatic carbocycles. The van der Waals surface area contributed by atoms with Gasteiger partial charge in [-0.1, -0.05) is 23.4 Å². The van der Waals surface area contributed by atoms with Gasteiger partial charge in [-0.15, -0.1) is 0 Å². The van der Waals surface area contributed by atoms with Crippen LogP contribution in [0.25, 0.3) is 0 Å². The Morgan fingerprint density at radius 3 is 2.17 bits per heavy atom. The van der Waals surface area contributed by atoms with Gasteiger partial charge >= 0.3 is 0 Å². The normalized spacial score (nSPS) is 14.8. The minimum atomic E-state index is -3.68. The lowest BCUT2D eigenvalue weighted by Crippen LogP contribution is -2.50. The number of carbonyl (C=O) groups excluding carboxylic acids is 1. The maximum Gasteiger partial charge on any atom is 0.257 e. The van der Waals surface area contributed by atoms with Gasteiger partial charge in [-0.3, -0.25) is 4.79 Å². The van der Waals surface area contributed by atoms with Crippen molar-refractivity contribution in [2.45, 2.75) is 53.0 Å². The van der Waals surface area contributed by atoms with Crippen molar-refractivity contribution in [3.63, 3.8) is 0 Å². The number of aromatic nitrogens is 1. The predicted molar refractivity (Wildman–Crippen MR) is 137 cm³/mol. The standard InChI is InChI=1S/C27H33N3O5S/c1-17-15-18(2)20(4)26(19(17)3)36(32,33)30-13-11-29(12-14-30)27(31)23-9-7-8-10-25(23)34-16-24-21(5)28-35-22(24)6/h7-10,15H,11-14,16H2,1-6H3. The van der Waals surface area contributed by atoms with Gasteiger partial charge in [0.1, 0.15) is 18.1 Å². The van der Waals surface area contributed by atoms with Gasteiger partial charge in [-0.2, -0.15) is 4.31 Å². The third kappa shape index (κ3) is 4.77. The SMILES string of the molecule is Cc1cc(C)c(C)c(S(=O)(=O)N2CCN(C(=O)c3ccccc3OCc3c(C)noc3C)CC2)c1C. The van der Waals surface area contributed by atoms with E-state index in [1.54, 1.807) is 23.1 Å². The minimum absolute atomic E-state index is 0.180. The maximum atomic E-state index is 13.6. The molecule has 1 aliphatic rings. The van der Waals surface area contributed by atoms with Gasteiger partial charge in [0.15, 0.2) is 0 Å². The Morgan fingerprint density at radius 1 is 0.972 bits per heavy atom. The quantitative estimate of drug-likeness (QED) is 0.491. The highest BCUT2D eigenvalue weighted by atomic mass is 32.2. The van der Waals surface area contributed by atoms with Gasteiger partial charge in [0.25, 0.3) is 5.91 Å². The van der Waals surface area contributed by atoms with E-state index in [4.69, 9.17) is 9.26 Å². The van der Waals surface area contributed by atoms with Gasteiger partial charge in [-0.25, -0.2) is 8.42 Å². The number of nitrogens with zero attached hydrogens (tertiary/aromatic N) is 3. The number of hydrogen-bond donors (Lipinski definition) is 0. The number of benzene rings is 2. The summed E-state index contributed by atoms with van der Waals surface area (Å²) < 4.78 is 39.8. The number of piperazine rings is 1. The minimum Gasteiger partial charge on any atom is -0.488 e. The number of carbonyl (C=O) groups is 1. The summed E-state index contributed by atoms with van der Waals surface area (Å²) in [4.78, 5) is 15.5. The Bertz CT molecular complexity index is 1360. The van der Waals surface area contributed by atoms with Crippen LogP contribution in [-0.2, 0) is 16.6 Å². The van der Waals surface area contributed by atoms with Crippen molar-refractivity contribution in [1.29, 1.82) is 0 Å². The van der Waals surface area contributed by atoms with Crippen molar-refractivity contribution < 1.29 is 22.5 Å². The van der Waals surface area contributed by atoms with Crippen LogP contribution in [0.5, 0.6) is 5.75 Å². The zero-order valence-corrected chi connectivity index (χ0v) is 22.5. The van der Waals surface area contributed by atoms with Crippen molar-refractivity contribution in [1.82, 2.24) is 14.4 Å². The van der Waals surface area contributed by atoms with E-state index >= 15 is 0 Å². The third-order valence-electron chi connectivity index (χ3n) is 7.09. The van der Waals surface area contributed by atoms with E-state index in [-0.39, 0.29) is 25.6 Å². The topological polar surface area (TPSA) is 93.0 Å². The molecule has 192 valence electrons. The molecule has 0 aliphatic carbocycles. The molecular weight excluding hydrogens is 478 g/mol. The largest absolute Gasteiger partial charge is 0.488 e. The lowest BCUT2D eigenvalue weighted by atomic mass is 10.0. The second-order valence-corrected chi connectivity index (χ2v) is 11.2. The summed E-state index contributed by atoms with van der Waals surface area (Å²) in [6.07, 6.45) is 0. The van der Waals surface area contributed by atoms with Crippen molar-refractivity contribution in [3.8, 4) is 5.75 Å². The third-order valence-corrected chi connectivity index (χ3v) is 9.26. The number of ether oxygens (including phenoxy) is 1. The number of hydrogen-bond acceptors (Lipinski definition) is 6. The molecule has 3 aromatic rings. The summed E-state index contributed by atoms with van der Waals surface area (Å²) in [6.45, 7) is 12.6. The number of para-hydroxylation sites is 1. The Balaban J connectivity index is 1.49. The second-order valence-electron chi connectivity index (χ2n) is 9.37. The van der Waals surface area contributed by atoms with Gasteiger partial charge in [0.05, 0.1) is 21.7 Å². The van der Waals surface area contributed by atoms with E-state index < -0.39 is 10.0 Å². The molecule has 1 aliphatic heterocycles. The molecule has 0 saturated carbocycles. The highest BCUT2D eigenvalue weighted by Gasteiger charge is 2.33. The molecule has 8 nitrogen and oxygen atoms in total. The molecule has 9 heteroatoms. The maximum absolute atomic E-state index is 13.6. The van der Waals surface area contributed by atoms with Gasteiger partial charge in [-0.05, 0) is 75.9 Å². The van der Waals surface area contributed by atoms with Crippen LogP contribution in [0.4, 0.5) is 0 Å². The Hall–Kier alpha value is -3.17. The van der Waals surface area contributed by atoms with Crippen LogP contribution in [0.1, 0.15) is 49.6 Å². The first-order valence-corrected chi connectivity index (χ1v) is 13.5. The molecule has 0 unspecified atom stereocenters. The first-order valence-electron chi connectivity index (χ1n) is 12.0. The van der Waals surface area contributed by atoms with Crippen LogP contribution in [-0.4, -0.2) is 54.9 Å². The van der Waals surface area contributed by atoms with E-state index in [1.165, 1.54) is 4.31 Å². The van der Waals surface area contributed by atoms with Crippen LogP contribution in [0.3, 0.4) is 0 Å². The first kappa shape index (κ1) is 25.9. The summed E-state index contributed by atoms with van der Waals surface area (Å²) >= 11 is 0. The van der Waals surface area contributed by atoms with Gasteiger partial charge in [0, 0.05) is 26.2 Å². The lowest BCUT2D eigenvalue weighted by molar-refractivity contribution is 0.0693. The second kappa shape index (κ2) is 10.1. The van der Waals surface area contributed by atoms with E-state index in [9.17, 15) is 13.2 Å². The monoisotopic (exact) mass is 511 g/mol. The summed E-state index contributed by atoms with van der Waals surface area (Å²) in [5, 5.41) is 3.94. The highest BCUT2D eigenvalue weighted by Crippen LogP contribution is 2.30. The summed E-state index contributed by atoms with van der Waals surface area (Å²) in [5.74, 6) is 0.974. The number of sulfonamides is 1. The van der Waals surface area contributed by atoms with E-state index in [0.29, 0.717) is 35.1 Å². The Morgan fingerprint density at radius 2 is 1.58 bits per heavy atom. The van der Waals surface area contributed by atoms with Crippen LogP contribution in [0.15, 0.2) is 39.8 Å². The Kier molecular flexibility index (Phi) is 7.24. The van der Waals surface area contributed by atoms with Crippen LogP contribution < -0.4 is 4.74 Å². The van der Waals surface area contributed by atoms with E-state index in [2.05, 4.69) is 5.16 Å². The fourth-order valence-electron chi connectivity index (χ4n) is 4.63. The van der Waals surface area contributed by atoms with Crippen molar-refractivity contribution in [2.75, 3.05) is 26.2 Å². The Labute approximate surface area is 212 Å². The molecule has 0 atom stereocenters. The molecule has 0 radical (unpaired) electrons. The number of aryl methyl sites for hydroxylation is 4. The summed E-state index contributed by atoms with van der Waals surface area (Å²) in [7, 11) is -3.68. The van der Waals surface area contributed by atoms with Crippen molar-refractivity contribution in [3.05, 3.63) is 75.2 Å². The molecule has 2 heterocycles. The average Bonchev–Trinajstić information content (AvgIpc) is 3.18. The highest BCUT2D eigenvalue weighted by molar-refractivity contribution is 7.89. The molecule has 0 spiro atoms. The molecule has 0 N–H and O–H groups in total. The molecular formula is C27H33N3O5S. The summed E-state index contributed by atoms with van der Waals surface area (Å²) in [5.41, 5.74) is 5.52. The van der Waals surface area contributed by atoms with Crippen LogP contribution >= 0.6 is 0 Å². The van der Waals surface area contributed by atoms with Gasteiger partial charge < -0.3 is 14.2 Å². The summed E-state index contributed by atoms with van der Waals surface area (Å²) in [6, 6.07) is 9.13. The van der Waals surface area contributed by atoms with Gasteiger partial charge in [0.2, 0.25) is 10.0 Å².